The number of halogens is 3. The molecule has 0 heterocycles. The predicted molar refractivity (Wildman–Crippen MR) is 84.9 cm³/mol. The SMILES string of the molecule is CC(NC(=O)COc1ccccc1F)c1ccc(Cl)cc1Cl. The molecule has 1 N–H and O–H groups in total. The van der Waals surface area contributed by atoms with Crippen LogP contribution >= 0.6 is 23.2 Å². The fourth-order valence-electron chi connectivity index (χ4n) is 1.92. The van der Waals surface area contributed by atoms with E-state index in [9.17, 15) is 9.18 Å². The molecule has 0 aliphatic heterocycles. The predicted octanol–water partition coefficient (Wildman–Crippen LogP) is 4.39. The molecule has 3 nitrogen and oxygen atoms in total. The van der Waals surface area contributed by atoms with Crippen molar-refractivity contribution in [2.24, 2.45) is 0 Å². The molecule has 1 amide bonds. The summed E-state index contributed by atoms with van der Waals surface area (Å²) in [7, 11) is 0. The summed E-state index contributed by atoms with van der Waals surface area (Å²) in [5, 5.41) is 3.72. The Morgan fingerprint density at radius 3 is 2.68 bits per heavy atom. The molecule has 0 spiro atoms. The lowest BCUT2D eigenvalue weighted by molar-refractivity contribution is -0.123. The summed E-state index contributed by atoms with van der Waals surface area (Å²) in [5.41, 5.74) is 0.741. The van der Waals surface area contributed by atoms with Crippen molar-refractivity contribution in [1.82, 2.24) is 5.32 Å². The maximum atomic E-state index is 13.4. The van der Waals surface area contributed by atoms with Crippen molar-refractivity contribution in [3.8, 4) is 5.75 Å². The van der Waals surface area contributed by atoms with Gasteiger partial charge in [-0.05, 0) is 36.8 Å². The van der Waals surface area contributed by atoms with E-state index in [0.717, 1.165) is 5.56 Å². The Morgan fingerprint density at radius 2 is 2.00 bits per heavy atom. The second-order valence-electron chi connectivity index (χ2n) is 4.67. The molecular formula is C16H14Cl2FNO2. The fraction of sp³-hybridized carbons (Fsp3) is 0.188. The molecule has 0 saturated heterocycles. The van der Waals surface area contributed by atoms with Crippen molar-refractivity contribution in [3.05, 3.63) is 63.9 Å². The van der Waals surface area contributed by atoms with Gasteiger partial charge in [0.25, 0.3) is 5.91 Å². The highest BCUT2D eigenvalue weighted by atomic mass is 35.5. The third-order valence-electron chi connectivity index (χ3n) is 3.00. The molecule has 22 heavy (non-hydrogen) atoms. The van der Waals surface area contributed by atoms with Gasteiger partial charge in [0.1, 0.15) is 0 Å². The molecule has 2 rings (SSSR count). The molecule has 0 aliphatic carbocycles. The zero-order valence-electron chi connectivity index (χ0n) is 11.8. The molecule has 0 saturated carbocycles. The van der Waals surface area contributed by atoms with Crippen LogP contribution in [0.25, 0.3) is 0 Å². The lowest BCUT2D eigenvalue weighted by Crippen LogP contribution is -2.31. The minimum atomic E-state index is -0.510. The molecule has 116 valence electrons. The zero-order valence-corrected chi connectivity index (χ0v) is 13.3. The number of para-hydroxylation sites is 1. The average Bonchev–Trinajstić information content (AvgIpc) is 2.46. The number of benzene rings is 2. The van der Waals surface area contributed by atoms with Crippen LogP contribution in [-0.2, 0) is 4.79 Å². The van der Waals surface area contributed by atoms with Crippen LogP contribution < -0.4 is 10.1 Å². The van der Waals surface area contributed by atoms with Gasteiger partial charge in [-0.2, -0.15) is 0 Å². The molecule has 2 aromatic carbocycles. The van der Waals surface area contributed by atoms with Gasteiger partial charge in [-0.3, -0.25) is 4.79 Å². The third kappa shape index (κ3) is 4.36. The van der Waals surface area contributed by atoms with E-state index in [-0.39, 0.29) is 24.3 Å². The summed E-state index contributed by atoms with van der Waals surface area (Å²) in [6.45, 7) is 1.51. The number of ether oxygens (including phenoxy) is 1. The topological polar surface area (TPSA) is 38.3 Å². The first-order valence-electron chi connectivity index (χ1n) is 6.59. The monoisotopic (exact) mass is 341 g/mol. The summed E-state index contributed by atoms with van der Waals surface area (Å²) in [6.07, 6.45) is 0. The Bertz CT molecular complexity index is 679. The molecule has 0 aromatic heterocycles. The van der Waals surface area contributed by atoms with Crippen molar-refractivity contribution in [2.45, 2.75) is 13.0 Å². The van der Waals surface area contributed by atoms with E-state index in [2.05, 4.69) is 5.32 Å². The van der Waals surface area contributed by atoms with Crippen molar-refractivity contribution in [3.63, 3.8) is 0 Å². The van der Waals surface area contributed by atoms with E-state index in [0.29, 0.717) is 10.0 Å². The molecule has 0 radical (unpaired) electrons. The second kappa shape index (κ2) is 7.47. The van der Waals surface area contributed by atoms with E-state index in [1.54, 1.807) is 37.3 Å². The molecule has 0 bridgehead atoms. The van der Waals surface area contributed by atoms with Gasteiger partial charge < -0.3 is 10.1 Å². The standard InChI is InChI=1S/C16H14Cl2FNO2/c1-10(12-7-6-11(17)8-13(12)18)20-16(21)9-22-15-5-3-2-4-14(15)19/h2-8,10H,9H2,1H3,(H,20,21). The molecule has 0 aliphatic rings. The van der Waals surface area contributed by atoms with Crippen LogP contribution in [0.1, 0.15) is 18.5 Å². The highest BCUT2D eigenvalue weighted by Gasteiger charge is 2.14. The largest absolute Gasteiger partial charge is 0.481 e. The number of amides is 1. The quantitative estimate of drug-likeness (QED) is 0.875. The molecule has 0 fully saturated rings. The molecule has 6 heteroatoms. The third-order valence-corrected chi connectivity index (χ3v) is 3.56. The summed E-state index contributed by atoms with van der Waals surface area (Å²) in [5.74, 6) is -0.847. The maximum absolute atomic E-state index is 13.4. The van der Waals surface area contributed by atoms with Crippen molar-refractivity contribution in [2.75, 3.05) is 6.61 Å². The Balaban J connectivity index is 1.93. The van der Waals surface area contributed by atoms with Crippen LogP contribution in [-0.4, -0.2) is 12.5 Å². The number of nitrogens with one attached hydrogen (secondary N) is 1. The van der Waals surface area contributed by atoms with Gasteiger partial charge in [-0.25, -0.2) is 4.39 Å². The summed E-state index contributed by atoms with van der Waals surface area (Å²) in [4.78, 5) is 11.9. The smallest absolute Gasteiger partial charge is 0.258 e. The number of hydrogen-bond donors (Lipinski definition) is 1. The van der Waals surface area contributed by atoms with Crippen molar-refractivity contribution < 1.29 is 13.9 Å². The minimum Gasteiger partial charge on any atom is -0.481 e. The number of hydrogen-bond acceptors (Lipinski definition) is 2. The van der Waals surface area contributed by atoms with E-state index in [1.807, 2.05) is 0 Å². The van der Waals surface area contributed by atoms with Crippen LogP contribution in [0.4, 0.5) is 4.39 Å². The fourth-order valence-corrected chi connectivity index (χ4v) is 2.49. The van der Waals surface area contributed by atoms with Gasteiger partial charge in [-0.1, -0.05) is 41.4 Å². The Morgan fingerprint density at radius 1 is 1.27 bits per heavy atom. The van der Waals surface area contributed by atoms with Gasteiger partial charge in [0, 0.05) is 10.0 Å². The van der Waals surface area contributed by atoms with Gasteiger partial charge in [0.05, 0.1) is 6.04 Å². The van der Waals surface area contributed by atoms with Crippen LogP contribution in [0, 0.1) is 5.82 Å². The van der Waals surface area contributed by atoms with Crippen LogP contribution in [0.5, 0.6) is 5.75 Å². The molecular weight excluding hydrogens is 328 g/mol. The summed E-state index contributed by atoms with van der Waals surface area (Å²) in [6, 6.07) is 10.6. The first kappa shape index (κ1) is 16.6. The summed E-state index contributed by atoms with van der Waals surface area (Å²) < 4.78 is 18.5. The molecule has 2 aromatic rings. The van der Waals surface area contributed by atoms with Gasteiger partial charge in [-0.15, -0.1) is 0 Å². The van der Waals surface area contributed by atoms with Crippen LogP contribution in [0.15, 0.2) is 42.5 Å². The average molecular weight is 342 g/mol. The highest BCUT2D eigenvalue weighted by molar-refractivity contribution is 6.35. The van der Waals surface area contributed by atoms with E-state index in [1.165, 1.54) is 12.1 Å². The zero-order chi connectivity index (χ0) is 16.1. The maximum Gasteiger partial charge on any atom is 0.258 e. The molecule has 1 unspecified atom stereocenters. The summed E-state index contributed by atoms with van der Waals surface area (Å²) >= 11 is 11.9. The van der Waals surface area contributed by atoms with Crippen LogP contribution in [0.3, 0.4) is 0 Å². The number of carbonyl (C=O) groups excluding carboxylic acids is 1. The first-order chi connectivity index (χ1) is 10.5. The van der Waals surface area contributed by atoms with E-state index in [4.69, 9.17) is 27.9 Å². The Labute approximate surface area is 138 Å². The lowest BCUT2D eigenvalue weighted by Gasteiger charge is -2.16. The van der Waals surface area contributed by atoms with Crippen molar-refractivity contribution in [1.29, 1.82) is 0 Å². The van der Waals surface area contributed by atoms with Crippen molar-refractivity contribution >= 4 is 29.1 Å². The number of rotatable bonds is 5. The molecule has 1 atom stereocenters. The Kier molecular flexibility index (Phi) is 5.63. The first-order valence-corrected chi connectivity index (χ1v) is 7.34. The van der Waals surface area contributed by atoms with E-state index >= 15 is 0 Å². The van der Waals surface area contributed by atoms with Gasteiger partial charge in [0.2, 0.25) is 0 Å². The number of carbonyl (C=O) groups is 1. The minimum absolute atomic E-state index is 0.0369. The van der Waals surface area contributed by atoms with Crippen LogP contribution in [0.2, 0.25) is 10.0 Å². The Hall–Kier alpha value is -1.78. The van der Waals surface area contributed by atoms with Gasteiger partial charge >= 0.3 is 0 Å². The van der Waals surface area contributed by atoms with Gasteiger partial charge in [0.15, 0.2) is 18.2 Å². The second-order valence-corrected chi connectivity index (χ2v) is 5.52. The lowest BCUT2D eigenvalue weighted by atomic mass is 10.1. The van der Waals surface area contributed by atoms with E-state index < -0.39 is 5.82 Å². The normalized spacial score (nSPS) is 11.8. The highest BCUT2D eigenvalue weighted by Crippen LogP contribution is 2.26.